The molecule has 0 N–H and O–H groups in total. The quantitative estimate of drug-likeness (QED) is 0.197. The van der Waals surface area contributed by atoms with Crippen LogP contribution in [0.1, 0.15) is 115 Å². The second-order valence-corrected chi connectivity index (χ2v) is 21.4. The first-order valence-electron chi connectivity index (χ1n) is 24.5. The zero-order valence-corrected chi connectivity index (χ0v) is 37.5. The molecule has 0 aromatic heterocycles. The fourth-order valence-corrected chi connectivity index (χ4v) is 14.9. The fraction of sp³-hybridized carbons (Fsp3) is 0.667. The lowest BCUT2D eigenvalue weighted by Crippen LogP contribution is -2.64. The maximum Gasteiger partial charge on any atom is 0.187 e. The summed E-state index contributed by atoms with van der Waals surface area (Å²) in [4.78, 5) is 0. The highest BCUT2D eigenvalue weighted by Gasteiger charge is 2.69. The summed E-state index contributed by atoms with van der Waals surface area (Å²) in [6, 6.07) is 30.9. The van der Waals surface area contributed by atoms with Gasteiger partial charge in [-0.15, -0.1) is 0 Å². The number of hydrogen-bond donors (Lipinski definition) is 0. The van der Waals surface area contributed by atoms with E-state index in [0.29, 0.717) is 60.4 Å². The molecule has 0 amide bonds. The van der Waals surface area contributed by atoms with Crippen LogP contribution < -0.4 is 0 Å². The summed E-state index contributed by atoms with van der Waals surface area (Å²) < 4.78 is 55.0. The number of fused-ring (bicyclic) bond motifs is 8. The van der Waals surface area contributed by atoms with Crippen LogP contribution in [0.2, 0.25) is 0 Å². The van der Waals surface area contributed by atoms with Crippen molar-refractivity contribution in [3.63, 3.8) is 0 Å². The molecule has 8 fully saturated rings. The van der Waals surface area contributed by atoms with Crippen molar-refractivity contribution in [3.8, 4) is 0 Å². The average Bonchev–Trinajstić information content (AvgIpc) is 3.75. The van der Waals surface area contributed by atoms with E-state index in [-0.39, 0.29) is 18.0 Å². The third-order valence-corrected chi connectivity index (χ3v) is 18.1. The van der Waals surface area contributed by atoms with E-state index >= 15 is 0 Å². The molecule has 0 bridgehead atoms. The van der Waals surface area contributed by atoms with Gasteiger partial charge in [0.15, 0.2) is 18.4 Å². The Morgan fingerprint density at radius 2 is 1.34 bits per heavy atom. The lowest BCUT2D eigenvalue weighted by Gasteiger charge is -2.61. The number of ether oxygens (including phenoxy) is 8. The van der Waals surface area contributed by atoms with Crippen molar-refractivity contribution < 1.29 is 37.9 Å². The van der Waals surface area contributed by atoms with Gasteiger partial charge in [-0.1, -0.05) is 119 Å². The summed E-state index contributed by atoms with van der Waals surface area (Å²) in [6.07, 6.45) is 9.58. The van der Waals surface area contributed by atoms with Gasteiger partial charge in [-0.05, 0) is 115 Å². The monoisotopic (exact) mass is 847 g/mol. The Kier molecular flexibility index (Phi) is 11.5. The van der Waals surface area contributed by atoms with Gasteiger partial charge >= 0.3 is 0 Å². The first-order chi connectivity index (χ1) is 30.2. The molecule has 4 saturated heterocycles. The minimum Gasteiger partial charge on any atom is -0.368 e. The average molecular weight is 847 g/mol. The summed E-state index contributed by atoms with van der Waals surface area (Å²) in [5.74, 6) is 4.26. The van der Waals surface area contributed by atoms with Crippen molar-refractivity contribution in [2.24, 2.45) is 52.3 Å². The lowest BCUT2D eigenvalue weighted by atomic mass is 9.44. The van der Waals surface area contributed by atoms with Crippen LogP contribution in [0, 0.1) is 52.3 Å². The summed E-state index contributed by atoms with van der Waals surface area (Å²) in [7, 11) is 0. The molecule has 8 nitrogen and oxygen atoms in total. The lowest BCUT2D eigenvalue weighted by molar-refractivity contribution is -0.379. The Hall–Kier alpha value is -2.66. The molecular formula is C54H70O8. The SMILES string of the molecule is C[C@@H]1CC[C@@]2(OC1)O[C@H]1C[C@H]3[C@@H]4CC[C@H]5C[C@@H](O[C@@H]6O[C@@H]7CO[C@H](c8ccccc8)O[C@@H]7[C@H](OCc7ccccc7)[C@H]6OCc6ccccc6)CC[C@]5(C)[C@H]4CC[C@]3(C)[C@H]1[C@@H]2C. The number of benzene rings is 3. The van der Waals surface area contributed by atoms with Crippen LogP contribution in [0.4, 0.5) is 0 Å². The minimum atomic E-state index is -0.623. The van der Waals surface area contributed by atoms with E-state index in [9.17, 15) is 0 Å². The Bertz CT molecular complexity index is 1960. The van der Waals surface area contributed by atoms with Crippen LogP contribution in [-0.2, 0) is 51.1 Å². The summed E-state index contributed by atoms with van der Waals surface area (Å²) in [5.41, 5.74) is 3.83. The van der Waals surface area contributed by atoms with Gasteiger partial charge in [-0.25, -0.2) is 0 Å². The van der Waals surface area contributed by atoms with Gasteiger partial charge in [-0.2, -0.15) is 0 Å². The molecule has 11 rings (SSSR count). The summed E-state index contributed by atoms with van der Waals surface area (Å²) >= 11 is 0. The van der Waals surface area contributed by atoms with Crippen LogP contribution in [0.25, 0.3) is 0 Å². The van der Waals surface area contributed by atoms with Crippen molar-refractivity contribution >= 4 is 0 Å². The van der Waals surface area contributed by atoms with Crippen LogP contribution >= 0.6 is 0 Å². The maximum atomic E-state index is 7.25. The van der Waals surface area contributed by atoms with E-state index in [0.717, 1.165) is 60.3 Å². The number of rotatable bonds is 9. The Morgan fingerprint density at radius 1 is 0.645 bits per heavy atom. The Morgan fingerprint density at radius 3 is 2.05 bits per heavy atom. The third kappa shape index (κ3) is 7.45. The van der Waals surface area contributed by atoms with Gasteiger partial charge in [0.1, 0.15) is 24.4 Å². The molecule has 62 heavy (non-hydrogen) atoms. The van der Waals surface area contributed by atoms with E-state index < -0.39 is 30.9 Å². The summed E-state index contributed by atoms with van der Waals surface area (Å²) in [6.45, 7) is 12.2. The van der Waals surface area contributed by atoms with Gasteiger partial charge < -0.3 is 37.9 Å². The molecule has 1 spiro atoms. The maximum absolute atomic E-state index is 7.25. The smallest absolute Gasteiger partial charge is 0.187 e. The van der Waals surface area contributed by atoms with Crippen molar-refractivity contribution in [1.29, 1.82) is 0 Å². The Balaban J connectivity index is 0.809. The van der Waals surface area contributed by atoms with Gasteiger partial charge in [0, 0.05) is 17.9 Å². The molecule has 18 atom stereocenters. The second kappa shape index (κ2) is 17.0. The highest BCUT2D eigenvalue weighted by atomic mass is 16.8. The van der Waals surface area contributed by atoms with E-state index in [4.69, 9.17) is 37.9 Å². The molecule has 3 aromatic rings. The van der Waals surface area contributed by atoms with Gasteiger partial charge in [0.25, 0.3) is 0 Å². The van der Waals surface area contributed by atoms with Crippen molar-refractivity contribution in [1.82, 2.24) is 0 Å². The molecular weight excluding hydrogens is 777 g/mol. The van der Waals surface area contributed by atoms with Crippen LogP contribution in [0.5, 0.6) is 0 Å². The van der Waals surface area contributed by atoms with Crippen LogP contribution in [-0.4, -0.2) is 61.9 Å². The first-order valence-corrected chi connectivity index (χ1v) is 24.5. The van der Waals surface area contributed by atoms with Crippen molar-refractivity contribution in [2.75, 3.05) is 13.2 Å². The molecule has 0 unspecified atom stereocenters. The van der Waals surface area contributed by atoms with E-state index in [1.165, 1.54) is 44.9 Å². The highest BCUT2D eigenvalue weighted by Crippen LogP contribution is 2.71. The van der Waals surface area contributed by atoms with Crippen LogP contribution in [0.3, 0.4) is 0 Å². The minimum absolute atomic E-state index is 0.0783. The molecule has 8 heteroatoms. The largest absolute Gasteiger partial charge is 0.368 e. The molecule has 3 aromatic carbocycles. The van der Waals surface area contributed by atoms with Crippen molar-refractivity contribution in [3.05, 3.63) is 108 Å². The third-order valence-electron chi connectivity index (χ3n) is 18.1. The van der Waals surface area contributed by atoms with E-state index in [2.05, 4.69) is 88.4 Å². The van der Waals surface area contributed by atoms with E-state index in [1.807, 2.05) is 30.3 Å². The number of hydrogen-bond acceptors (Lipinski definition) is 8. The second-order valence-electron chi connectivity index (χ2n) is 21.4. The molecule has 4 heterocycles. The predicted octanol–water partition coefficient (Wildman–Crippen LogP) is 10.8. The fourth-order valence-electron chi connectivity index (χ4n) is 14.9. The highest BCUT2D eigenvalue weighted by molar-refractivity contribution is 5.19. The van der Waals surface area contributed by atoms with Gasteiger partial charge in [0.2, 0.25) is 0 Å². The van der Waals surface area contributed by atoms with Crippen LogP contribution in [0.15, 0.2) is 91.0 Å². The van der Waals surface area contributed by atoms with E-state index in [1.54, 1.807) is 0 Å². The zero-order valence-electron chi connectivity index (χ0n) is 37.5. The van der Waals surface area contributed by atoms with Gasteiger partial charge in [-0.3, -0.25) is 0 Å². The normalized spacial score (nSPS) is 46.0. The van der Waals surface area contributed by atoms with Gasteiger partial charge in [0.05, 0.1) is 38.6 Å². The predicted molar refractivity (Wildman–Crippen MR) is 235 cm³/mol. The molecule has 4 aliphatic heterocycles. The molecule has 8 aliphatic rings. The standard InChI is InChI=1S/C54H70O8/c1-34-22-27-54(58-30-34)35(2)46-44(62-54)29-43-41-21-20-39-28-40(23-25-52(39,3)42(41)24-26-53(43,46)4)59-51-49(56-32-37-16-10-6-11-17-37)48(55-31-36-14-8-5-9-15-36)47-45(60-51)33-57-50(61-47)38-18-12-7-13-19-38/h5-19,34-35,39-51H,20-33H2,1-4H3/t34-,35+,39+,40+,41-,42+,43+,44+,45-,46+,47+,48+,49-,50+,51-,52+,53+,54-/m1/s1. The zero-order chi connectivity index (χ0) is 42.1. The van der Waals surface area contributed by atoms with Crippen molar-refractivity contribution in [2.45, 2.75) is 160 Å². The topological polar surface area (TPSA) is 73.8 Å². The first kappa shape index (κ1) is 42.0. The molecule has 4 aliphatic carbocycles. The molecule has 0 radical (unpaired) electrons. The summed E-state index contributed by atoms with van der Waals surface area (Å²) in [5, 5.41) is 0. The Labute approximate surface area is 370 Å². The molecule has 4 saturated carbocycles. The molecule has 334 valence electrons.